The van der Waals surface area contributed by atoms with Crippen molar-refractivity contribution in [3.63, 3.8) is 0 Å². The number of hydrogen-bond acceptors (Lipinski definition) is 5. The highest BCUT2D eigenvalue weighted by Gasteiger charge is 2.34. The largest absolute Gasteiger partial charge is 0.353 e. The van der Waals surface area contributed by atoms with Crippen LogP contribution in [-0.4, -0.2) is 43.9 Å². The van der Waals surface area contributed by atoms with E-state index in [-0.39, 0.29) is 11.3 Å². The van der Waals surface area contributed by atoms with Gasteiger partial charge >= 0.3 is 0 Å². The maximum absolute atomic E-state index is 13.7. The van der Waals surface area contributed by atoms with Crippen molar-refractivity contribution >= 4 is 33.6 Å². The topological polar surface area (TPSA) is 54.5 Å². The molecule has 0 aromatic heterocycles. The van der Waals surface area contributed by atoms with Crippen LogP contribution in [0, 0.1) is 5.82 Å². The molecule has 0 aliphatic carbocycles. The first-order valence-electron chi connectivity index (χ1n) is 6.31. The lowest BCUT2D eigenvalue weighted by molar-refractivity contribution is 0.112. The van der Waals surface area contributed by atoms with Crippen molar-refractivity contribution in [1.29, 1.82) is 0 Å². The Labute approximate surface area is 122 Å². The van der Waals surface area contributed by atoms with Gasteiger partial charge in [0, 0.05) is 23.8 Å². The van der Waals surface area contributed by atoms with E-state index in [0.717, 1.165) is 5.75 Å². The summed E-state index contributed by atoms with van der Waals surface area (Å²) in [6.45, 7) is 2.08. The fourth-order valence-electron chi connectivity index (χ4n) is 2.24. The molecule has 4 nitrogen and oxygen atoms in total. The quantitative estimate of drug-likeness (QED) is 0.795. The maximum Gasteiger partial charge on any atom is 0.171 e. The van der Waals surface area contributed by atoms with E-state index in [1.165, 1.54) is 12.1 Å². The molecule has 1 aromatic carbocycles. The minimum Gasteiger partial charge on any atom is -0.353 e. The second kappa shape index (κ2) is 6.13. The van der Waals surface area contributed by atoms with Crippen LogP contribution in [0.5, 0.6) is 0 Å². The Morgan fingerprint density at radius 1 is 1.50 bits per heavy atom. The van der Waals surface area contributed by atoms with Gasteiger partial charge in [0.25, 0.3) is 0 Å². The van der Waals surface area contributed by atoms with Crippen LogP contribution in [0.1, 0.15) is 17.3 Å². The van der Waals surface area contributed by atoms with E-state index in [1.807, 2.05) is 0 Å². The number of carbonyl (C=O) groups excluding carboxylic acids is 1. The van der Waals surface area contributed by atoms with Crippen LogP contribution in [0.2, 0.25) is 0 Å². The Kier molecular flexibility index (Phi) is 4.70. The van der Waals surface area contributed by atoms with Crippen molar-refractivity contribution in [2.75, 3.05) is 28.7 Å². The minimum atomic E-state index is -3.29. The number of hydrogen-bond donors (Lipinski definition) is 0. The van der Waals surface area contributed by atoms with Gasteiger partial charge in [0.2, 0.25) is 0 Å². The van der Waals surface area contributed by atoms with Gasteiger partial charge in [-0.1, -0.05) is 13.0 Å². The molecule has 1 aliphatic rings. The van der Waals surface area contributed by atoms with Crippen molar-refractivity contribution in [3.8, 4) is 0 Å². The summed E-state index contributed by atoms with van der Waals surface area (Å²) in [5.74, 6) is 0.596. The number of aldehydes is 1. The standard InChI is InChI=1S/C13H16FNO3S2/c1-2-20(17,18)13-9-19-7-6-15(13)12-5-3-4-11(14)10(12)8-16/h3-5,8,13H,2,6-7,9H2,1H3. The molecule has 0 spiro atoms. The third-order valence-electron chi connectivity index (χ3n) is 3.36. The molecule has 0 N–H and O–H groups in total. The van der Waals surface area contributed by atoms with Crippen molar-refractivity contribution in [3.05, 3.63) is 29.6 Å². The number of sulfone groups is 1. The first-order valence-corrected chi connectivity index (χ1v) is 9.18. The monoisotopic (exact) mass is 317 g/mol. The molecule has 1 aromatic rings. The fourth-order valence-corrected chi connectivity index (χ4v) is 5.22. The lowest BCUT2D eigenvalue weighted by atomic mass is 10.1. The van der Waals surface area contributed by atoms with E-state index in [4.69, 9.17) is 0 Å². The number of benzene rings is 1. The summed E-state index contributed by atoms with van der Waals surface area (Å²) in [6.07, 6.45) is 0.446. The maximum atomic E-state index is 13.7. The van der Waals surface area contributed by atoms with E-state index in [1.54, 1.807) is 29.7 Å². The van der Waals surface area contributed by atoms with Crippen LogP contribution in [0.3, 0.4) is 0 Å². The molecule has 0 saturated carbocycles. The van der Waals surface area contributed by atoms with Crippen molar-refractivity contribution < 1.29 is 17.6 Å². The number of carbonyl (C=O) groups is 1. The zero-order valence-electron chi connectivity index (χ0n) is 11.1. The smallest absolute Gasteiger partial charge is 0.171 e. The number of rotatable bonds is 4. The molecule has 20 heavy (non-hydrogen) atoms. The van der Waals surface area contributed by atoms with Gasteiger partial charge in [-0.15, -0.1) is 0 Å². The van der Waals surface area contributed by atoms with Crippen molar-refractivity contribution in [2.24, 2.45) is 0 Å². The van der Waals surface area contributed by atoms with Gasteiger partial charge in [0.05, 0.1) is 11.3 Å². The number of nitrogens with zero attached hydrogens (tertiary/aromatic N) is 1. The third-order valence-corrected chi connectivity index (χ3v) is 6.65. The predicted octanol–water partition coefficient (Wildman–Crippen LogP) is 1.95. The Morgan fingerprint density at radius 2 is 2.25 bits per heavy atom. The van der Waals surface area contributed by atoms with E-state index < -0.39 is 21.0 Å². The van der Waals surface area contributed by atoms with Gasteiger partial charge in [-0.25, -0.2) is 12.8 Å². The minimum absolute atomic E-state index is 0.0282. The summed E-state index contributed by atoms with van der Waals surface area (Å²) >= 11 is 1.56. The summed E-state index contributed by atoms with van der Waals surface area (Å²) in [5, 5.41) is -0.702. The van der Waals surface area contributed by atoms with Crippen molar-refractivity contribution in [2.45, 2.75) is 12.3 Å². The molecule has 1 unspecified atom stereocenters. The summed E-state index contributed by atoms with van der Waals surface area (Å²) in [6, 6.07) is 4.30. The van der Waals surface area contributed by atoms with Crippen molar-refractivity contribution in [1.82, 2.24) is 0 Å². The fraction of sp³-hybridized carbons (Fsp3) is 0.462. The molecule has 0 radical (unpaired) electrons. The Bertz CT molecular complexity index is 604. The van der Waals surface area contributed by atoms with E-state index in [9.17, 15) is 17.6 Å². The number of thioether (sulfide) groups is 1. The second-order valence-electron chi connectivity index (χ2n) is 4.46. The molecular formula is C13H16FNO3S2. The Balaban J connectivity index is 2.49. The van der Waals surface area contributed by atoms with Gasteiger partial charge in [-0.3, -0.25) is 4.79 Å². The SMILES string of the molecule is CCS(=O)(=O)C1CSCCN1c1cccc(F)c1C=O. The molecule has 1 fully saturated rings. The summed E-state index contributed by atoms with van der Waals surface area (Å²) in [4.78, 5) is 12.7. The highest BCUT2D eigenvalue weighted by Crippen LogP contribution is 2.30. The average Bonchev–Trinajstić information content (AvgIpc) is 2.47. The van der Waals surface area contributed by atoms with Crippen LogP contribution < -0.4 is 4.90 Å². The van der Waals surface area contributed by atoms with Crippen LogP contribution in [0.4, 0.5) is 10.1 Å². The van der Waals surface area contributed by atoms with E-state index in [2.05, 4.69) is 0 Å². The van der Waals surface area contributed by atoms with Crippen LogP contribution in [-0.2, 0) is 9.84 Å². The average molecular weight is 317 g/mol. The molecule has 1 heterocycles. The lowest BCUT2D eigenvalue weighted by Crippen LogP contribution is -2.48. The normalized spacial score (nSPS) is 19.9. The first-order chi connectivity index (χ1) is 9.51. The summed E-state index contributed by atoms with van der Waals surface area (Å²) < 4.78 is 38.1. The molecule has 2 rings (SSSR count). The van der Waals surface area contributed by atoms with E-state index >= 15 is 0 Å². The van der Waals surface area contributed by atoms with Crippen LogP contribution in [0.25, 0.3) is 0 Å². The Hall–Kier alpha value is -1.08. The highest BCUT2D eigenvalue weighted by molar-refractivity contribution is 8.01. The molecular weight excluding hydrogens is 301 g/mol. The molecule has 7 heteroatoms. The highest BCUT2D eigenvalue weighted by atomic mass is 32.2. The van der Waals surface area contributed by atoms with Gasteiger partial charge in [-0.05, 0) is 12.1 Å². The number of halogens is 1. The zero-order valence-corrected chi connectivity index (χ0v) is 12.7. The molecule has 1 saturated heterocycles. The van der Waals surface area contributed by atoms with Gasteiger partial charge in [0.15, 0.2) is 16.1 Å². The molecule has 1 atom stereocenters. The summed E-state index contributed by atoms with van der Waals surface area (Å²) in [7, 11) is -3.29. The second-order valence-corrected chi connectivity index (χ2v) is 8.06. The molecule has 0 bridgehead atoms. The molecule has 1 aliphatic heterocycles. The van der Waals surface area contributed by atoms with Crippen LogP contribution in [0.15, 0.2) is 18.2 Å². The van der Waals surface area contributed by atoms with Gasteiger partial charge < -0.3 is 4.90 Å². The van der Waals surface area contributed by atoms with Gasteiger partial charge in [0.1, 0.15) is 11.2 Å². The molecule has 0 amide bonds. The lowest BCUT2D eigenvalue weighted by Gasteiger charge is -2.37. The summed E-state index contributed by atoms with van der Waals surface area (Å²) in [5.41, 5.74) is 0.290. The number of anilines is 1. The van der Waals surface area contributed by atoms with Crippen LogP contribution >= 0.6 is 11.8 Å². The predicted molar refractivity (Wildman–Crippen MR) is 79.7 cm³/mol. The Morgan fingerprint density at radius 3 is 2.90 bits per heavy atom. The zero-order chi connectivity index (χ0) is 14.8. The molecule has 110 valence electrons. The third kappa shape index (κ3) is 2.83. The first kappa shape index (κ1) is 15.3. The van der Waals surface area contributed by atoms with E-state index in [0.29, 0.717) is 24.3 Å². The van der Waals surface area contributed by atoms with Gasteiger partial charge in [-0.2, -0.15) is 11.8 Å².